The number of aryl methyl sites for hydroxylation is 3. The molecular formula is C23H28N4O4S2. The molecule has 0 radical (unpaired) electrons. The lowest BCUT2D eigenvalue weighted by Gasteiger charge is -2.25. The van der Waals surface area contributed by atoms with Crippen LogP contribution in [-0.4, -0.2) is 41.7 Å². The van der Waals surface area contributed by atoms with E-state index in [0.29, 0.717) is 42.1 Å². The van der Waals surface area contributed by atoms with E-state index in [9.17, 15) is 18.0 Å². The molecule has 33 heavy (non-hydrogen) atoms. The van der Waals surface area contributed by atoms with Gasteiger partial charge in [-0.1, -0.05) is 18.6 Å². The van der Waals surface area contributed by atoms with Gasteiger partial charge in [-0.2, -0.15) is 4.31 Å². The van der Waals surface area contributed by atoms with Crippen molar-refractivity contribution in [1.82, 2.24) is 19.6 Å². The van der Waals surface area contributed by atoms with E-state index in [0.717, 1.165) is 35.3 Å². The Morgan fingerprint density at radius 3 is 2.55 bits per heavy atom. The minimum absolute atomic E-state index is 0.165. The van der Waals surface area contributed by atoms with Gasteiger partial charge in [0, 0.05) is 37.4 Å². The van der Waals surface area contributed by atoms with Gasteiger partial charge in [-0.25, -0.2) is 13.4 Å². The largest absolute Gasteiger partial charge is 0.352 e. The fourth-order valence-corrected chi connectivity index (χ4v) is 6.54. The number of H-pyrrole nitrogens is 1. The van der Waals surface area contributed by atoms with Crippen molar-refractivity contribution in [3.05, 3.63) is 56.4 Å². The number of benzene rings is 1. The third-order valence-corrected chi connectivity index (χ3v) is 9.06. The van der Waals surface area contributed by atoms with E-state index in [1.807, 2.05) is 13.8 Å². The Labute approximate surface area is 197 Å². The Morgan fingerprint density at radius 2 is 1.85 bits per heavy atom. The minimum Gasteiger partial charge on any atom is -0.352 e. The smallest absolute Gasteiger partial charge is 0.259 e. The highest BCUT2D eigenvalue weighted by Crippen LogP contribution is 2.25. The zero-order chi connectivity index (χ0) is 23.6. The van der Waals surface area contributed by atoms with E-state index in [1.54, 1.807) is 28.6 Å². The van der Waals surface area contributed by atoms with Crippen molar-refractivity contribution in [1.29, 1.82) is 0 Å². The van der Waals surface area contributed by atoms with Gasteiger partial charge in [0.1, 0.15) is 10.7 Å². The summed E-state index contributed by atoms with van der Waals surface area (Å²) in [6.45, 7) is 5.31. The molecule has 1 amide bonds. The monoisotopic (exact) mass is 488 g/mol. The van der Waals surface area contributed by atoms with E-state index >= 15 is 0 Å². The molecule has 0 saturated carbocycles. The van der Waals surface area contributed by atoms with Gasteiger partial charge in [0.25, 0.3) is 5.56 Å². The number of carbonyl (C=O) groups is 1. The van der Waals surface area contributed by atoms with Crippen LogP contribution in [0, 0.1) is 13.8 Å². The fourth-order valence-electron chi connectivity index (χ4n) is 3.97. The summed E-state index contributed by atoms with van der Waals surface area (Å²) in [4.78, 5) is 34.0. The molecule has 0 spiro atoms. The Morgan fingerprint density at radius 1 is 1.15 bits per heavy atom. The number of nitrogens with zero attached hydrogens (tertiary/aromatic N) is 2. The minimum atomic E-state index is -3.46. The number of piperidine rings is 1. The lowest BCUT2D eigenvalue weighted by atomic mass is 10.2. The van der Waals surface area contributed by atoms with Crippen LogP contribution in [-0.2, 0) is 27.8 Å². The summed E-state index contributed by atoms with van der Waals surface area (Å²) in [5.41, 5.74) is 1.60. The molecule has 3 aromatic rings. The molecule has 0 aliphatic carbocycles. The van der Waals surface area contributed by atoms with Crippen LogP contribution in [0.1, 0.15) is 47.5 Å². The number of hydrogen-bond acceptors (Lipinski definition) is 6. The van der Waals surface area contributed by atoms with Crippen molar-refractivity contribution in [2.24, 2.45) is 0 Å². The van der Waals surface area contributed by atoms with Gasteiger partial charge in [-0.15, -0.1) is 11.3 Å². The second kappa shape index (κ2) is 9.74. The van der Waals surface area contributed by atoms with Gasteiger partial charge in [0.15, 0.2) is 0 Å². The number of fused-ring (bicyclic) bond motifs is 1. The first-order valence-corrected chi connectivity index (χ1v) is 13.4. The average molecular weight is 489 g/mol. The highest BCUT2D eigenvalue weighted by Gasteiger charge is 2.25. The van der Waals surface area contributed by atoms with E-state index in [4.69, 9.17) is 0 Å². The van der Waals surface area contributed by atoms with Gasteiger partial charge < -0.3 is 10.3 Å². The van der Waals surface area contributed by atoms with Gasteiger partial charge in [0.2, 0.25) is 15.9 Å². The molecule has 2 aromatic heterocycles. The number of hydrogen-bond donors (Lipinski definition) is 2. The van der Waals surface area contributed by atoms with E-state index < -0.39 is 10.0 Å². The second-order valence-electron chi connectivity index (χ2n) is 8.36. The second-order valence-corrected chi connectivity index (χ2v) is 11.5. The summed E-state index contributed by atoms with van der Waals surface area (Å²) in [6, 6.07) is 6.65. The number of carbonyl (C=O) groups excluding carboxylic acids is 1. The van der Waals surface area contributed by atoms with Crippen molar-refractivity contribution in [3.63, 3.8) is 0 Å². The fraction of sp³-hybridized carbons (Fsp3) is 0.435. The van der Waals surface area contributed by atoms with Crippen molar-refractivity contribution < 1.29 is 13.2 Å². The maximum absolute atomic E-state index is 12.7. The van der Waals surface area contributed by atoms with Gasteiger partial charge in [-0.05, 0) is 49.9 Å². The SMILES string of the molecule is Cc1sc2nc(CCC(=O)NCc3ccc(S(=O)(=O)N4CCCCC4)cc3)[nH]c(=O)c2c1C. The molecular weight excluding hydrogens is 460 g/mol. The van der Waals surface area contributed by atoms with Crippen LogP contribution in [0.2, 0.25) is 0 Å². The lowest BCUT2D eigenvalue weighted by molar-refractivity contribution is -0.121. The molecule has 1 fully saturated rings. The van der Waals surface area contributed by atoms with Crippen LogP contribution in [0.15, 0.2) is 34.0 Å². The summed E-state index contributed by atoms with van der Waals surface area (Å²) < 4.78 is 27.0. The Kier molecular flexibility index (Phi) is 6.96. The van der Waals surface area contributed by atoms with Crippen molar-refractivity contribution in [2.45, 2.75) is 57.4 Å². The molecule has 8 nitrogen and oxygen atoms in total. The Balaban J connectivity index is 1.32. The van der Waals surface area contributed by atoms with Crippen LogP contribution in [0.25, 0.3) is 10.2 Å². The predicted octanol–water partition coefficient (Wildman–Crippen LogP) is 3.03. The zero-order valence-corrected chi connectivity index (χ0v) is 20.4. The third kappa shape index (κ3) is 5.18. The van der Waals surface area contributed by atoms with Gasteiger partial charge in [-0.3, -0.25) is 9.59 Å². The quantitative estimate of drug-likeness (QED) is 0.531. The number of thiophene rings is 1. The highest BCUT2D eigenvalue weighted by atomic mass is 32.2. The molecule has 10 heteroatoms. The molecule has 0 unspecified atom stereocenters. The van der Waals surface area contributed by atoms with E-state index in [2.05, 4.69) is 15.3 Å². The standard InChI is InChI=1S/C23H28N4O4S2/c1-15-16(2)32-23-21(15)22(29)25-19(26-23)10-11-20(28)24-14-17-6-8-18(9-7-17)33(30,31)27-12-4-3-5-13-27/h6-9H,3-5,10-14H2,1-2H3,(H,24,28)(H,25,26,29). The number of rotatable bonds is 7. The molecule has 2 N–H and O–H groups in total. The number of sulfonamides is 1. The molecule has 1 aromatic carbocycles. The van der Waals surface area contributed by atoms with Gasteiger partial charge >= 0.3 is 0 Å². The molecule has 176 valence electrons. The molecule has 1 aliphatic heterocycles. The van der Waals surface area contributed by atoms with E-state index in [-0.39, 0.29) is 22.8 Å². The highest BCUT2D eigenvalue weighted by molar-refractivity contribution is 7.89. The van der Waals surface area contributed by atoms with E-state index in [1.165, 1.54) is 11.3 Å². The van der Waals surface area contributed by atoms with Crippen molar-refractivity contribution in [2.75, 3.05) is 13.1 Å². The van der Waals surface area contributed by atoms with Crippen molar-refractivity contribution >= 4 is 37.5 Å². The van der Waals surface area contributed by atoms with Crippen LogP contribution >= 0.6 is 11.3 Å². The normalized spacial score (nSPS) is 15.1. The summed E-state index contributed by atoms with van der Waals surface area (Å²) in [6.07, 6.45) is 3.39. The summed E-state index contributed by atoms with van der Waals surface area (Å²) in [7, 11) is -3.46. The lowest BCUT2D eigenvalue weighted by Crippen LogP contribution is -2.35. The van der Waals surface area contributed by atoms with Crippen molar-refractivity contribution in [3.8, 4) is 0 Å². The van der Waals surface area contributed by atoms with Crippen LogP contribution in [0.3, 0.4) is 0 Å². The number of aromatic nitrogens is 2. The van der Waals surface area contributed by atoms with Crippen LogP contribution in [0.4, 0.5) is 0 Å². The maximum atomic E-state index is 12.7. The molecule has 3 heterocycles. The summed E-state index contributed by atoms with van der Waals surface area (Å²) >= 11 is 1.48. The maximum Gasteiger partial charge on any atom is 0.259 e. The molecule has 0 bridgehead atoms. The first-order valence-electron chi connectivity index (χ1n) is 11.1. The topological polar surface area (TPSA) is 112 Å². The van der Waals surface area contributed by atoms with Crippen LogP contribution in [0.5, 0.6) is 0 Å². The summed E-state index contributed by atoms with van der Waals surface area (Å²) in [5, 5.41) is 3.46. The first-order chi connectivity index (χ1) is 15.8. The number of aromatic amines is 1. The van der Waals surface area contributed by atoms with Crippen LogP contribution < -0.4 is 10.9 Å². The Bertz CT molecular complexity index is 1320. The van der Waals surface area contributed by atoms with Gasteiger partial charge in [0.05, 0.1) is 10.3 Å². The Hall–Kier alpha value is -2.56. The zero-order valence-electron chi connectivity index (χ0n) is 18.8. The molecule has 0 atom stereocenters. The molecule has 4 rings (SSSR count). The first kappa shape index (κ1) is 23.6. The predicted molar refractivity (Wildman–Crippen MR) is 129 cm³/mol. The number of amides is 1. The third-order valence-electron chi connectivity index (χ3n) is 6.04. The molecule has 1 aliphatic rings. The molecule has 1 saturated heterocycles. The number of nitrogens with one attached hydrogen (secondary N) is 2. The average Bonchev–Trinajstić information content (AvgIpc) is 3.10. The summed E-state index contributed by atoms with van der Waals surface area (Å²) in [5.74, 6) is 0.331.